The van der Waals surface area contributed by atoms with Crippen molar-refractivity contribution in [3.8, 4) is 0 Å². The highest BCUT2D eigenvalue weighted by molar-refractivity contribution is 5.92. The molecule has 1 rings (SSSR count). The van der Waals surface area contributed by atoms with Crippen molar-refractivity contribution in [2.75, 3.05) is 0 Å². The molecule has 1 aromatic carbocycles. The van der Waals surface area contributed by atoms with E-state index >= 15 is 0 Å². The van der Waals surface area contributed by atoms with E-state index in [1.807, 2.05) is 0 Å². The Hall–Kier alpha value is -1.84. The lowest BCUT2D eigenvalue weighted by Gasteiger charge is -2.41. The van der Waals surface area contributed by atoms with Gasteiger partial charge in [0.05, 0.1) is 11.1 Å². The number of carbonyl (C=O) groups is 2. The van der Waals surface area contributed by atoms with Gasteiger partial charge in [-0.1, -0.05) is 53.9 Å². The van der Waals surface area contributed by atoms with Crippen molar-refractivity contribution < 1.29 is 19.4 Å². The number of hydrogen-bond donors (Lipinski definition) is 1. The average molecular weight is 348 g/mol. The first kappa shape index (κ1) is 21.2. The molecule has 25 heavy (non-hydrogen) atoms. The van der Waals surface area contributed by atoms with Crippen LogP contribution >= 0.6 is 0 Å². The minimum Gasteiger partial charge on any atom is -0.478 e. The summed E-state index contributed by atoms with van der Waals surface area (Å²) in [6.07, 6.45) is 5.39. The fraction of sp³-hybridized carbons (Fsp3) is 0.619. The second-order valence-electron chi connectivity index (χ2n) is 7.35. The predicted molar refractivity (Wildman–Crippen MR) is 100.0 cm³/mol. The normalized spacial score (nSPS) is 11.8. The molecule has 1 N–H and O–H groups in total. The van der Waals surface area contributed by atoms with E-state index in [1.165, 1.54) is 37.1 Å². The highest BCUT2D eigenvalue weighted by atomic mass is 16.6. The Morgan fingerprint density at radius 3 is 1.92 bits per heavy atom. The first-order valence-electron chi connectivity index (χ1n) is 9.31. The van der Waals surface area contributed by atoms with Crippen molar-refractivity contribution in [3.63, 3.8) is 0 Å². The van der Waals surface area contributed by atoms with Gasteiger partial charge in [0.25, 0.3) is 0 Å². The molecule has 0 unspecified atom stereocenters. The predicted octanol–water partition coefficient (Wildman–Crippen LogP) is 5.56. The maximum Gasteiger partial charge on any atom is 0.338 e. The molecular weight excluding hydrogens is 316 g/mol. The lowest BCUT2D eigenvalue weighted by Crippen LogP contribution is -2.45. The highest BCUT2D eigenvalue weighted by Gasteiger charge is 2.40. The van der Waals surface area contributed by atoms with Crippen LogP contribution in [0.3, 0.4) is 0 Å². The van der Waals surface area contributed by atoms with E-state index in [0.29, 0.717) is 5.56 Å². The summed E-state index contributed by atoms with van der Waals surface area (Å²) in [7, 11) is 0. The minimum atomic E-state index is -1.01. The maximum atomic E-state index is 12.7. The molecular formula is C21H32O4. The standard InChI is InChI=1S/C21H32O4/c1-6-7-8-9-14-21(15(2)3,16(4)5)25-20(24)18-12-10-17(11-13-18)19(22)23/h10-13,15-16H,6-9,14H2,1-5H3,(H,22,23). The molecule has 4 nitrogen and oxygen atoms in total. The van der Waals surface area contributed by atoms with E-state index in [1.54, 1.807) is 0 Å². The molecule has 0 heterocycles. The summed E-state index contributed by atoms with van der Waals surface area (Å²) in [6, 6.07) is 5.92. The van der Waals surface area contributed by atoms with E-state index < -0.39 is 11.6 Å². The third-order valence-electron chi connectivity index (χ3n) is 5.03. The number of unbranched alkanes of at least 4 members (excludes halogenated alkanes) is 3. The minimum absolute atomic E-state index is 0.162. The summed E-state index contributed by atoms with van der Waals surface area (Å²) in [5.74, 6) is -0.975. The van der Waals surface area contributed by atoms with Gasteiger partial charge in [0.15, 0.2) is 0 Å². The van der Waals surface area contributed by atoms with Crippen LogP contribution in [0, 0.1) is 11.8 Å². The van der Waals surface area contributed by atoms with Gasteiger partial charge in [-0.2, -0.15) is 0 Å². The average Bonchev–Trinajstić information content (AvgIpc) is 2.57. The Morgan fingerprint density at radius 1 is 0.960 bits per heavy atom. The lowest BCUT2D eigenvalue weighted by atomic mass is 9.76. The first-order valence-corrected chi connectivity index (χ1v) is 9.31. The number of esters is 1. The summed E-state index contributed by atoms with van der Waals surface area (Å²) < 4.78 is 6.04. The molecule has 0 aliphatic carbocycles. The summed E-state index contributed by atoms with van der Waals surface area (Å²) in [6.45, 7) is 10.6. The second-order valence-corrected chi connectivity index (χ2v) is 7.35. The molecule has 0 aliphatic rings. The number of benzene rings is 1. The molecule has 0 atom stereocenters. The van der Waals surface area contributed by atoms with Crippen LogP contribution in [-0.2, 0) is 4.74 Å². The number of ether oxygens (including phenoxy) is 1. The summed E-state index contributed by atoms with van der Waals surface area (Å²) >= 11 is 0. The third kappa shape index (κ3) is 5.58. The van der Waals surface area contributed by atoms with Gasteiger partial charge in [-0.3, -0.25) is 0 Å². The van der Waals surface area contributed by atoms with E-state index in [2.05, 4.69) is 34.6 Å². The number of hydrogen-bond acceptors (Lipinski definition) is 3. The van der Waals surface area contributed by atoms with Crippen LogP contribution in [-0.4, -0.2) is 22.6 Å². The molecule has 0 saturated heterocycles. The lowest BCUT2D eigenvalue weighted by molar-refractivity contribution is -0.0784. The van der Waals surface area contributed by atoms with Gasteiger partial charge in [0.1, 0.15) is 5.60 Å². The van der Waals surface area contributed by atoms with E-state index in [9.17, 15) is 9.59 Å². The molecule has 140 valence electrons. The van der Waals surface area contributed by atoms with E-state index in [0.717, 1.165) is 19.3 Å². The molecule has 0 radical (unpaired) electrons. The Bertz CT molecular complexity index is 550. The largest absolute Gasteiger partial charge is 0.478 e. The summed E-state index contributed by atoms with van der Waals surface area (Å²) in [4.78, 5) is 23.6. The number of carbonyl (C=O) groups excluding carboxylic acids is 1. The van der Waals surface area contributed by atoms with Gasteiger partial charge in [0, 0.05) is 0 Å². The number of rotatable bonds is 10. The SMILES string of the molecule is CCCCCCC(OC(=O)c1ccc(C(=O)O)cc1)(C(C)C)C(C)C. The highest BCUT2D eigenvalue weighted by Crippen LogP contribution is 2.36. The maximum absolute atomic E-state index is 12.7. The molecule has 0 aliphatic heterocycles. The first-order chi connectivity index (χ1) is 11.7. The fourth-order valence-corrected chi connectivity index (χ4v) is 3.34. The van der Waals surface area contributed by atoms with E-state index in [-0.39, 0.29) is 23.4 Å². The van der Waals surface area contributed by atoms with Crippen LogP contribution in [0.15, 0.2) is 24.3 Å². The zero-order valence-electron chi connectivity index (χ0n) is 16.2. The van der Waals surface area contributed by atoms with Gasteiger partial charge in [0.2, 0.25) is 0 Å². The zero-order valence-corrected chi connectivity index (χ0v) is 16.2. The molecule has 1 aromatic rings. The Kier molecular flexibility index (Phi) is 8.14. The number of aromatic carboxylic acids is 1. The van der Waals surface area contributed by atoms with Crippen molar-refractivity contribution in [1.82, 2.24) is 0 Å². The molecule has 0 fully saturated rings. The van der Waals surface area contributed by atoms with Gasteiger partial charge in [-0.05, 0) is 48.9 Å². The van der Waals surface area contributed by atoms with E-state index in [4.69, 9.17) is 9.84 Å². The van der Waals surface area contributed by atoms with Crippen LogP contribution in [0.2, 0.25) is 0 Å². The van der Waals surface area contributed by atoms with Gasteiger partial charge < -0.3 is 9.84 Å². The summed E-state index contributed by atoms with van der Waals surface area (Å²) in [5.41, 5.74) is 0.0513. The Morgan fingerprint density at radius 2 is 1.48 bits per heavy atom. The topological polar surface area (TPSA) is 63.6 Å². The second kappa shape index (κ2) is 9.59. The molecule has 0 spiro atoms. The smallest absolute Gasteiger partial charge is 0.338 e. The Balaban J connectivity index is 2.95. The number of carboxylic acid groups (broad SMARTS) is 1. The van der Waals surface area contributed by atoms with Crippen LogP contribution in [0.5, 0.6) is 0 Å². The van der Waals surface area contributed by atoms with Crippen molar-refractivity contribution in [2.24, 2.45) is 11.8 Å². The zero-order chi connectivity index (χ0) is 19.0. The Labute approximate surface area is 151 Å². The number of carboxylic acids is 1. The van der Waals surface area contributed by atoms with Crippen molar-refractivity contribution in [1.29, 1.82) is 0 Å². The quantitative estimate of drug-likeness (QED) is 0.444. The summed E-state index contributed by atoms with van der Waals surface area (Å²) in [5, 5.41) is 8.97. The van der Waals surface area contributed by atoms with Crippen LogP contribution < -0.4 is 0 Å². The van der Waals surface area contributed by atoms with Crippen LogP contribution in [0.1, 0.15) is 87.4 Å². The fourth-order valence-electron chi connectivity index (χ4n) is 3.34. The molecule has 0 amide bonds. The van der Waals surface area contributed by atoms with Gasteiger partial charge >= 0.3 is 11.9 Å². The van der Waals surface area contributed by atoms with Crippen molar-refractivity contribution >= 4 is 11.9 Å². The van der Waals surface area contributed by atoms with Crippen LogP contribution in [0.4, 0.5) is 0 Å². The van der Waals surface area contributed by atoms with Crippen molar-refractivity contribution in [3.05, 3.63) is 35.4 Å². The van der Waals surface area contributed by atoms with Gasteiger partial charge in [-0.15, -0.1) is 0 Å². The molecule has 0 aromatic heterocycles. The van der Waals surface area contributed by atoms with Crippen LogP contribution in [0.25, 0.3) is 0 Å². The molecule has 4 heteroatoms. The molecule has 0 saturated carbocycles. The van der Waals surface area contributed by atoms with Crippen molar-refractivity contribution in [2.45, 2.75) is 72.3 Å². The third-order valence-corrected chi connectivity index (χ3v) is 5.03. The monoisotopic (exact) mass is 348 g/mol. The van der Waals surface area contributed by atoms with Gasteiger partial charge in [-0.25, -0.2) is 9.59 Å². The molecule has 0 bridgehead atoms.